The van der Waals surface area contributed by atoms with Crippen LogP contribution in [0, 0.1) is 5.92 Å². The molecule has 0 spiro atoms. The molecule has 1 unspecified atom stereocenters. The van der Waals surface area contributed by atoms with Gasteiger partial charge in [-0.25, -0.2) is 21.1 Å². The van der Waals surface area contributed by atoms with E-state index in [0.717, 1.165) is 12.8 Å². The van der Waals surface area contributed by atoms with Crippen molar-refractivity contribution in [2.75, 3.05) is 57.4 Å². The first-order valence-corrected chi connectivity index (χ1v) is 13.5. The van der Waals surface area contributed by atoms with Crippen molar-refractivity contribution in [1.29, 1.82) is 0 Å². The largest absolute Gasteiger partial charge is 0.326 e. The molecular weight excluding hydrogens is 428 g/mol. The molecule has 2 aliphatic rings. The molecule has 30 heavy (non-hydrogen) atoms. The highest BCUT2D eigenvalue weighted by molar-refractivity contribution is 7.89. The first-order chi connectivity index (χ1) is 14.1. The number of nitrogens with zero attached hydrogens (tertiary/aromatic N) is 3. The van der Waals surface area contributed by atoms with Crippen LogP contribution >= 0.6 is 0 Å². The number of amides is 1. The van der Waals surface area contributed by atoms with Gasteiger partial charge in [0.25, 0.3) is 0 Å². The molecule has 1 amide bonds. The molecule has 11 heteroatoms. The van der Waals surface area contributed by atoms with Crippen molar-refractivity contribution in [2.24, 2.45) is 5.92 Å². The van der Waals surface area contributed by atoms with Gasteiger partial charge in [-0.3, -0.25) is 4.79 Å². The second-order valence-electron chi connectivity index (χ2n) is 7.82. The predicted octanol–water partition coefficient (Wildman–Crippen LogP) is 0.623. The summed E-state index contributed by atoms with van der Waals surface area (Å²) >= 11 is 0. The van der Waals surface area contributed by atoms with Gasteiger partial charge in [0, 0.05) is 45.0 Å². The van der Waals surface area contributed by atoms with Crippen LogP contribution in [0.5, 0.6) is 0 Å². The van der Waals surface area contributed by atoms with Crippen molar-refractivity contribution in [1.82, 2.24) is 13.5 Å². The fraction of sp³-hybridized carbons (Fsp3) is 0.632. The monoisotopic (exact) mass is 458 g/mol. The molecule has 2 saturated heterocycles. The Hall–Kier alpha value is -1.53. The second kappa shape index (κ2) is 9.31. The first kappa shape index (κ1) is 23.1. The van der Waals surface area contributed by atoms with E-state index < -0.39 is 26.0 Å². The number of hydrogen-bond donors (Lipinski definition) is 1. The highest BCUT2D eigenvalue weighted by Crippen LogP contribution is 2.23. The van der Waals surface area contributed by atoms with Gasteiger partial charge in [-0.15, -0.1) is 0 Å². The maximum atomic E-state index is 13.0. The van der Waals surface area contributed by atoms with Gasteiger partial charge < -0.3 is 10.2 Å². The number of piperazine rings is 1. The summed E-state index contributed by atoms with van der Waals surface area (Å²) in [6.07, 6.45) is 2.35. The van der Waals surface area contributed by atoms with E-state index in [4.69, 9.17) is 0 Å². The van der Waals surface area contributed by atoms with E-state index in [1.165, 1.54) is 20.7 Å². The van der Waals surface area contributed by atoms with Crippen molar-refractivity contribution < 1.29 is 21.6 Å². The minimum Gasteiger partial charge on any atom is -0.326 e. The summed E-state index contributed by atoms with van der Waals surface area (Å²) in [5, 5.41) is 2.76. The average molecular weight is 459 g/mol. The van der Waals surface area contributed by atoms with Crippen LogP contribution in [0.4, 0.5) is 5.69 Å². The number of benzene rings is 1. The Labute approximate surface area is 179 Å². The number of nitrogens with one attached hydrogen (secondary N) is 1. The van der Waals surface area contributed by atoms with Gasteiger partial charge in [-0.05, 0) is 37.6 Å². The normalized spacial score (nSPS) is 22.7. The van der Waals surface area contributed by atoms with Crippen LogP contribution in [0.3, 0.4) is 0 Å². The summed E-state index contributed by atoms with van der Waals surface area (Å²) in [6.45, 7) is 5.79. The van der Waals surface area contributed by atoms with E-state index in [2.05, 4.69) is 17.1 Å². The Morgan fingerprint density at radius 3 is 2.40 bits per heavy atom. The lowest BCUT2D eigenvalue weighted by molar-refractivity contribution is -0.120. The number of piperidine rings is 1. The number of carbonyl (C=O) groups excluding carboxylic acids is 1. The summed E-state index contributed by atoms with van der Waals surface area (Å²) in [5.41, 5.74) is 0.393. The molecule has 9 nitrogen and oxygen atoms in total. The molecule has 2 aliphatic heterocycles. The van der Waals surface area contributed by atoms with Gasteiger partial charge in [0.1, 0.15) is 0 Å². The number of sulfonamides is 2. The quantitative estimate of drug-likeness (QED) is 0.670. The highest BCUT2D eigenvalue weighted by atomic mass is 32.2. The standard InChI is InChI=1S/C19H30N4O5S2/c1-3-21-10-12-22(13-11-21)30(27,28)18-8-4-7-17(14-18)20-19(24)16-6-5-9-23(15-16)29(2,25)26/h4,7-8,14,16H,3,5-6,9-13,15H2,1-2H3,(H,20,24). The SMILES string of the molecule is CCN1CCN(S(=O)(=O)c2cccc(NC(=O)C3CCCN(S(C)(=O)=O)C3)c2)CC1. The van der Waals surface area contributed by atoms with E-state index >= 15 is 0 Å². The molecule has 0 aliphatic carbocycles. The third-order valence-corrected chi connectivity index (χ3v) is 8.91. The number of likely N-dealkylation sites (N-methyl/N-ethyl adjacent to an activating group) is 1. The van der Waals surface area contributed by atoms with Crippen LogP contribution < -0.4 is 5.32 Å². The van der Waals surface area contributed by atoms with Crippen molar-refractivity contribution in [3.63, 3.8) is 0 Å². The molecular formula is C19H30N4O5S2. The first-order valence-electron chi connectivity index (χ1n) is 10.2. The number of carbonyl (C=O) groups is 1. The molecule has 0 aromatic heterocycles. The zero-order valence-corrected chi connectivity index (χ0v) is 19.1. The van der Waals surface area contributed by atoms with E-state index in [1.54, 1.807) is 12.1 Å². The maximum absolute atomic E-state index is 13.0. The van der Waals surface area contributed by atoms with Gasteiger partial charge >= 0.3 is 0 Å². The molecule has 2 heterocycles. The third kappa shape index (κ3) is 5.38. The molecule has 3 rings (SSSR count). The van der Waals surface area contributed by atoms with Gasteiger partial charge in [0.2, 0.25) is 26.0 Å². The van der Waals surface area contributed by atoms with Gasteiger partial charge in [-0.1, -0.05) is 13.0 Å². The molecule has 0 radical (unpaired) electrons. The van der Waals surface area contributed by atoms with Crippen LogP contribution in [0.1, 0.15) is 19.8 Å². The van der Waals surface area contributed by atoms with Crippen LogP contribution in [0.15, 0.2) is 29.2 Å². The number of anilines is 1. The van der Waals surface area contributed by atoms with Crippen molar-refractivity contribution in [2.45, 2.75) is 24.7 Å². The van der Waals surface area contributed by atoms with Crippen molar-refractivity contribution >= 4 is 31.6 Å². The molecule has 2 fully saturated rings. The van der Waals surface area contributed by atoms with E-state index in [1.807, 2.05) is 0 Å². The summed E-state index contributed by atoms with van der Waals surface area (Å²) in [7, 11) is -6.98. The van der Waals surface area contributed by atoms with E-state index in [0.29, 0.717) is 51.3 Å². The summed E-state index contributed by atoms with van der Waals surface area (Å²) in [6, 6.07) is 6.25. The molecule has 1 aromatic rings. The molecule has 1 atom stereocenters. The molecule has 1 N–H and O–H groups in total. The number of rotatable bonds is 6. The Bertz CT molecular complexity index is 972. The zero-order valence-electron chi connectivity index (χ0n) is 17.5. The third-order valence-electron chi connectivity index (χ3n) is 5.74. The maximum Gasteiger partial charge on any atom is 0.243 e. The Kier molecular flexibility index (Phi) is 7.18. The molecule has 168 valence electrons. The fourth-order valence-corrected chi connectivity index (χ4v) is 6.25. The minimum atomic E-state index is -3.64. The minimum absolute atomic E-state index is 0.143. The Balaban J connectivity index is 1.69. The lowest BCUT2D eigenvalue weighted by Crippen LogP contribution is -2.48. The van der Waals surface area contributed by atoms with Gasteiger partial charge in [0.05, 0.1) is 17.1 Å². The van der Waals surface area contributed by atoms with Crippen LogP contribution in [-0.4, -0.2) is 88.3 Å². The predicted molar refractivity (Wildman–Crippen MR) is 115 cm³/mol. The topological polar surface area (TPSA) is 107 Å². The zero-order chi connectivity index (χ0) is 21.9. The van der Waals surface area contributed by atoms with Gasteiger partial charge in [0.15, 0.2) is 0 Å². The second-order valence-corrected chi connectivity index (χ2v) is 11.7. The van der Waals surface area contributed by atoms with E-state index in [-0.39, 0.29) is 17.3 Å². The fourth-order valence-electron chi connectivity index (χ4n) is 3.87. The van der Waals surface area contributed by atoms with E-state index in [9.17, 15) is 21.6 Å². The summed E-state index contributed by atoms with van der Waals surface area (Å²) in [4.78, 5) is 15.0. The summed E-state index contributed by atoms with van der Waals surface area (Å²) < 4.78 is 52.3. The Morgan fingerprint density at radius 2 is 1.77 bits per heavy atom. The molecule has 0 saturated carbocycles. The van der Waals surface area contributed by atoms with Crippen molar-refractivity contribution in [3.05, 3.63) is 24.3 Å². The average Bonchev–Trinajstić information content (AvgIpc) is 2.73. The van der Waals surface area contributed by atoms with Crippen molar-refractivity contribution in [3.8, 4) is 0 Å². The summed E-state index contributed by atoms with van der Waals surface area (Å²) in [5.74, 6) is -0.759. The lowest BCUT2D eigenvalue weighted by atomic mass is 9.99. The smallest absolute Gasteiger partial charge is 0.243 e. The van der Waals surface area contributed by atoms with Crippen LogP contribution in [0.25, 0.3) is 0 Å². The van der Waals surface area contributed by atoms with Gasteiger partial charge in [-0.2, -0.15) is 4.31 Å². The highest BCUT2D eigenvalue weighted by Gasteiger charge is 2.31. The van der Waals surface area contributed by atoms with Crippen LogP contribution in [-0.2, 0) is 24.8 Å². The molecule has 0 bridgehead atoms. The lowest BCUT2D eigenvalue weighted by Gasteiger charge is -2.33. The van der Waals surface area contributed by atoms with Crippen LogP contribution in [0.2, 0.25) is 0 Å². The Morgan fingerprint density at radius 1 is 1.07 bits per heavy atom. The number of hydrogen-bond acceptors (Lipinski definition) is 6. The molecule has 1 aromatic carbocycles.